The summed E-state index contributed by atoms with van der Waals surface area (Å²) in [6.45, 7) is 2.83. The highest BCUT2D eigenvalue weighted by molar-refractivity contribution is 7.97. The zero-order valence-corrected chi connectivity index (χ0v) is 19.9. The molecule has 0 heterocycles. The predicted molar refractivity (Wildman–Crippen MR) is 134 cm³/mol. The van der Waals surface area contributed by atoms with Gasteiger partial charge in [0, 0.05) is 30.0 Å². The van der Waals surface area contributed by atoms with E-state index in [9.17, 15) is 18.0 Å². The Kier molecular flexibility index (Phi) is 7.78. The van der Waals surface area contributed by atoms with Crippen LogP contribution in [-0.2, 0) is 23.9 Å². The molecule has 7 heteroatoms. The normalized spacial score (nSPS) is 11.7. The molecule has 0 aliphatic carbocycles. The SMILES string of the molecule is CCN(Cc1cc(C(F)(F)F)ccc1Oc1cccc(CC=O)c1)Sc1ccc2ccccc2c1. The second-order valence-electron chi connectivity index (χ2n) is 8.00. The number of hydrogen-bond donors (Lipinski definition) is 0. The van der Waals surface area contributed by atoms with Crippen LogP contribution < -0.4 is 4.74 Å². The number of alkyl halides is 3. The molecule has 0 saturated carbocycles. The molecule has 0 aromatic heterocycles. The molecule has 0 aliphatic heterocycles. The van der Waals surface area contributed by atoms with Crippen LogP contribution in [0.1, 0.15) is 23.6 Å². The van der Waals surface area contributed by atoms with E-state index in [4.69, 9.17) is 4.74 Å². The fraction of sp³-hybridized carbons (Fsp3) is 0.179. The van der Waals surface area contributed by atoms with Gasteiger partial charge in [0.15, 0.2) is 0 Å². The first-order valence-electron chi connectivity index (χ1n) is 11.2. The van der Waals surface area contributed by atoms with Crippen molar-refractivity contribution in [3.8, 4) is 11.5 Å². The molecule has 0 aliphatic rings. The summed E-state index contributed by atoms with van der Waals surface area (Å²) in [6.07, 6.45) is -3.42. The van der Waals surface area contributed by atoms with E-state index in [0.717, 1.165) is 39.7 Å². The molecular formula is C28H24F3NO2S. The van der Waals surface area contributed by atoms with Crippen molar-refractivity contribution >= 4 is 29.0 Å². The first kappa shape index (κ1) is 24.8. The fourth-order valence-corrected chi connectivity index (χ4v) is 4.65. The summed E-state index contributed by atoms with van der Waals surface area (Å²) in [6, 6.07) is 24.7. The Morgan fingerprint density at radius 3 is 2.46 bits per heavy atom. The van der Waals surface area contributed by atoms with Gasteiger partial charge in [0.2, 0.25) is 0 Å². The number of halogens is 3. The minimum absolute atomic E-state index is 0.239. The maximum absolute atomic E-state index is 13.5. The van der Waals surface area contributed by atoms with Crippen molar-refractivity contribution < 1.29 is 22.7 Å². The number of fused-ring (bicyclic) bond motifs is 1. The van der Waals surface area contributed by atoms with E-state index in [-0.39, 0.29) is 13.0 Å². The molecule has 4 aromatic carbocycles. The first-order chi connectivity index (χ1) is 16.9. The molecule has 180 valence electrons. The van der Waals surface area contributed by atoms with Crippen molar-refractivity contribution in [2.24, 2.45) is 0 Å². The lowest BCUT2D eigenvalue weighted by molar-refractivity contribution is -0.137. The number of rotatable bonds is 9. The van der Waals surface area contributed by atoms with Crippen LogP contribution in [0.5, 0.6) is 11.5 Å². The van der Waals surface area contributed by atoms with Crippen LogP contribution in [0.15, 0.2) is 89.8 Å². The van der Waals surface area contributed by atoms with Gasteiger partial charge < -0.3 is 9.53 Å². The quantitative estimate of drug-likeness (QED) is 0.174. The average Bonchev–Trinajstić information content (AvgIpc) is 2.84. The van der Waals surface area contributed by atoms with Crippen LogP contribution in [-0.4, -0.2) is 17.1 Å². The van der Waals surface area contributed by atoms with E-state index in [0.29, 0.717) is 23.6 Å². The van der Waals surface area contributed by atoms with Gasteiger partial charge in [-0.15, -0.1) is 0 Å². The molecule has 0 radical (unpaired) electrons. The zero-order valence-electron chi connectivity index (χ0n) is 19.1. The van der Waals surface area contributed by atoms with Gasteiger partial charge in [-0.25, -0.2) is 4.31 Å². The van der Waals surface area contributed by atoms with Gasteiger partial charge in [0.05, 0.1) is 5.56 Å². The van der Waals surface area contributed by atoms with Gasteiger partial charge in [-0.05, 0) is 70.7 Å². The zero-order chi connectivity index (χ0) is 24.8. The van der Waals surface area contributed by atoms with Crippen molar-refractivity contribution in [1.82, 2.24) is 4.31 Å². The van der Waals surface area contributed by atoms with Crippen molar-refractivity contribution in [1.29, 1.82) is 0 Å². The van der Waals surface area contributed by atoms with Gasteiger partial charge in [0.1, 0.15) is 17.8 Å². The Bertz CT molecular complexity index is 1320. The van der Waals surface area contributed by atoms with Gasteiger partial charge >= 0.3 is 6.18 Å². The average molecular weight is 496 g/mol. The molecule has 35 heavy (non-hydrogen) atoms. The number of benzene rings is 4. The minimum Gasteiger partial charge on any atom is -0.457 e. The molecule has 0 N–H and O–H groups in total. The largest absolute Gasteiger partial charge is 0.457 e. The maximum Gasteiger partial charge on any atom is 0.416 e. The highest BCUT2D eigenvalue weighted by atomic mass is 32.2. The van der Waals surface area contributed by atoms with E-state index in [1.54, 1.807) is 24.3 Å². The molecule has 0 spiro atoms. The van der Waals surface area contributed by atoms with Crippen LogP contribution in [0.4, 0.5) is 13.2 Å². The molecule has 0 bridgehead atoms. The smallest absolute Gasteiger partial charge is 0.416 e. The molecular weight excluding hydrogens is 471 g/mol. The van der Waals surface area contributed by atoms with E-state index in [2.05, 4.69) is 6.07 Å². The summed E-state index contributed by atoms with van der Waals surface area (Å²) < 4.78 is 48.5. The first-order valence-corrected chi connectivity index (χ1v) is 12.0. The molecule has 4 aromatic rings. The third-order valence-electron chi connectivity index (χ3n) is 5.49. The lowest BCUT2D eigenvalue weighted by Gasteiger charge is -2.22. The lowest BCUT2D eigenvalue weighted by atomic mass is 10.1. The lowest BCUT2D eigenvalue weighted by Crippen LogP contribution is -2.16. The summed E-state index contributed by atoms with van der Waals surface area (Å²) in [5.41, 5.74) is 0.477. The molecule has 0 unspecified atom stereocenters. The third-order valence-corrected chi connectivity index (χ3v) is 6.60. The summed E-state index contributed by atoms with van der Waals surface area (Å²) in [4.78, 5) is 11.9. The Hall–Kier alpha value is -3.29. The number of ether oxygens (including phenoxy) is 1. The second kappa shape index (κ2) is 11.0. The molecule has 4 rings (SSSR count). The van der Waals surface area contributed by atoms with Crippen LogP contribution in [0.3, 0.4) is 0 Å². The number of hydrogen-bond acceptors (Lipinski definition) is 4. The second-order valence-corrected chi connectivity index (χ2v) is 9.17. The van der Waals surface area contributed by atoms with E-state index in [1.165, 1.54) is 18.0 Å². The standard InChI is InChI=1S/C28H24F3NO2S/c1-2-32(35-26-12-10-21-7-3-4-8-22(21)18-26)19-23-17-24(28(29,30)31)11-13-27(23)34-25-9-5-6-20(16-25)14-15-33/h3-13,15-18H,2,14,19H2,1H3. The van der Waals surface area contributed by atoms with Crippen LogP contribution in [0, 0.1) is 0 Å². The Morgan fingerprint density at radius 2 is 1.71 bits per heavy atom. The van der Waals surface area contributed by atoms with Gasteiger partial charge in [-0.1, -0.05) is 49.4 Å². The summed E-state index contributed by atoms with van der Waals surface area (Å²) in [5, 5.41) is 2.23. The predicted octanol–water partition coefficient (Wildman–Crippen LogP) is 7.92. The fourth-order valence-electron chi connectivity index (χ4n) is 3.71. The Morgan fingerprint density at radius 1 is 0.914 bits per heavy atom. The Labute approximate surface area is 206 Å². The van der Waals surface area contributed by atoms with Crippen molar-refractivity contribution in [2.75, 3.05) is 6.54 Å². The van der Waals surface area contributed by atoms with Gasteiger partial charge in [-0.2, -0.15) is 13.2 Å². The summed E-state index contributed by atoms with van der Waals surface area (Å²) >= 11 is 1.49. The van der Waals surface area contributed by atoms with Crippen molar-refractivity contribution in [3.63, 3.8) is 0 Å². The van der Waals surface area contributed by atoms with Crippen molar-refractivity contribution in [3.05, 3.63) is 102 Å². The topological polar surface area (TPSA) is 29.5 Å². The van der Waals surface area contributed by atoms with Crippen LogP contribution in [0.25, 0.3) is 10.8 Å². The number of aldehydes is 1. The van der Waals surface area contributed by atoms with E-state index >= 15 is 0 Å². The van der Waals surface area contributed by atoms with Crippen LogP contribution >= 0.6 is 11.9 Å². The van der Waals surface area contributed by atoms with E-state index < -0.39 is 11.7 Å². The summed E-state index contributed by atoms with van der Waals surface area (Å²) in [7, 11) is 0. The molecule has 0 fully saturated rings. The van der Waals surface area contributed by atoms with Gasteiger partial charge in [0.25, 0.3) is 0 Å². The molecule has 0 atom stereocenters. The highest BCUT2D eigenvalue weighted by Crippen LogP contribution is 2.36. The monoisotopic (exact) mass is 495 g/mol. The summed E-state index contributed by atoms with van der Waals surface area (Å²) in [5.74, 6) is 0.814. The number of carbonyl (C=O) groups excluding carboxylic acids is 1. The third kappa shape index (κ3) is 6.44. The molecule has 0 amide bonds. The van der Waals surface area contributed by atoms with Crippen molar-refractivity contribution in [2.45, 2.75) is 31.0 Å². The molecule has 0 saturated heterocycles. The highest BCUT2D eigenvalue weighted by Gasteiger charge is 2.31. The Balaban J connectivity index is 1.62. The maximum atomic E-state index is 13.5. The van der Waals surface area contributed by atoms with E-state index in [1.807, 2.05) is 47.6 Å². The minimum atomic E-state index is -4.46. The van der Waals surface area contributed by atoms with Crippen LogP contribution in [0.2, 0.25) is 0 Å². The number of nitrogens with zero attached hydrogens (tertiary/aromatic N) is 1. The van der Waals surface area contributed by atoms with Gasteiger partial charge in [-0.3, -0.25) is 0 Å². The molecule has 3 nitrogen and oxygen atoms in total. The number of carbonyl (C=O) groups is 1.